The van der Waals surface area contributed by atoms with Crippen molar-refractivity contribution < 1.29 is 23.8 Å². The predicted molar refractivity (Wildman–Crippen MR) is 122 cm³/mol. The lowest BCUT2D eigenvalue weighted by molar-refractivity contribution is -0.140. The van der Waals surface area contributed by atoms with E-state index in [-0.39, 0.29) is 17.9 Å². The minimum atomic E-state index is -0.874. The fourth-order valence-electron chi connectivity index (χ4n) is 3.76. The Balaban J connectivity index is 1.78. The maximum atomic E-state index is 13.1. The highest BCUT2D eigenvalue weighted by Gasteiger charge is 2.47. The first-order chi connectivity index (χ1) is 15.8. The molecule has 170 valence electrons. The number of furan rings is 1. The van der Waals surface area contributed by atoms with Crippen molar-refractivity contribution in [2.24, 2.45) is 5.92 Å². The number of Topliss-reactive ketones (excluding diaryl/α,β-unsaturated/α-hetero) is 1. The van der Waals surface area contributed by atoms with Gasteiger partial charge in [-0.2, -0.15) is 0 Å². The van der Waals surface area contributed by atoms with E-state index in [0.717, 1.165) is 0 Å². The van der Waals surface area contributed by atoms with Crippen molar-refractivity contribution >= 4 is 17.4 Å². The number of nitrogens with zero attached hydrogens (tertiary/aromatic N) is 2. The molecule has 0 saturated carbocycles. The third-order valence-corrected chi connectivity index (χ3v) is 5.32. The average Bonchev–Trinajstić information content (AvgIpc) is 3.34. The van der Waals surface area contributed by atoms with Gasteiger partial charge in [-0.3, -0.25) is 14.6 Å². The Hall–Kier alpha value is -3.87. The van der Waals surface area contributed by atoms with E-state index in [1.807, 2.05) is 19.9 Å². The highest BCUT2D eigenvalue weighted by molar-refractivity contribution is 6.46. The third-order valence-electron chi connectivity index (χ3n) is 5.32. The van der Waals surface area contributed by atoms with Crippen LogP contribution in [0.3, 0.4) is 0 Å². The zero-order valence-electron chi connectivity index (χ0n) is 18.8. The van der Waals surface area contributed by atoms with Gasteiger partial charge in [-0.1, -0.05) is 32.0 Å². The van der Waals surface area contributed by atoms with Gasteiger partial charge in [-0.05, 0) is 49.2 Å². The number of amides is 1. The van der Waals surface area contributed by atoms with E-state index in [9.17, 15) is 14.7 Å². The molecule has 3 aromatic rings. The molecule has 0 radical (unpaired) electrons. The summed E-state index contributed by atoms with van der Waals surface area (Å²) in [7, 11) is 0. The van der Waals surface area contributed by atoms with Crippen molar-refractivity contribution in [2.45, 2.75) is 33.4 Å². The van der Waals surface area contributed by atoms with Crippen LogP contribution in [0.4, 0.5) is 0 Å². The standard InChI is InChI=1S/C26H26N2O5/c1-16(2)15-32-20-9-6-7-18(13-20)24(29)22-23(21-11-10-17(3)33-21)28(26(31)25(22)30)14-19-8-4-5-12-27-19/h4-13,16,23,29H,14-15H2,1-3H3/b24-22-. The van der Waals surface area contributed by atoms with Crippen molar-refractivity contribution in [3.8, 4) is 5.75 Å². The van der Waals surface area contributed by atoms with Crippen LogP contribution in [-0.2, 0) is 16.1 Å². The number of carbonyl (C=O) groups excluding carboxylic acids is 2. The van der Waals surface area contributed by atoms with Crippen molar-refractivity contribution in [2.75, 3.05) is 6.61 Å². The lowest BCUT2D eigenvalue weighted by atomic mass is 9.99. The molecule has 1 aromatic carbocycles. The smallest absolute Gasteiger partial charge is 0.296 e. The van der Waals surface area contributed by atoms with E-state index in [2.05, 4.69) is 4.98 Å². The van der Waals surface area contributed by atoms with Crippen LogP contribution < -0.4 is 4.74 Å². The van der Waals surface area contributed by atoms with Gasteiger partial charge in [0, 0.05) is 11.8 Å². The van der Waals surface area contributed by atoms with Crippen molar-refractivity contribution in [3.63, 3.8) is 0 Å². The van der Waals surface area contributed by atoms with E-state index in [1.165, 1.54) is 4.90 Å². The van der Waals surface area contributed by atoms with Crippen LogP contribution >= 0.6 is 0 Å². The molecule has 0 spiro atoms. The SMILES string of the molecule is Cc1ccc(C2/C(=C(/O)c3cccc(OCC(C)C)c3)C(=O)C(=O)N2Cc2ccccn2)o1. The molecule has 1 aliphatic heterocycles. The number of rotatable bonds is 7. The third kappa shape index (κ3) is 4.67. The molecule has 0 aliphatic carbocycles. The Morgan fingerprint density at radius 3 is 2.64 bits per heavy atom. The molecule has 1 aliphatic rings. The van der Waals surface area contributed by atoms with Crippen LogP contribution in [0, 0.1) is 12.8 Å². The lowest BCUT2D eigenvalue weighted by Crippen LogP contribution is -2.29. The molecule has 2 aromatic heterocycles. The number of hydrogen-bond donors (Lipinski definition) is 1. The second-order valence-electron chi connectivity index (χ2n) is 8.43. The van der Waals surface area contributed by atoms with Crippen molar-refractivity contribution in [3.05, 3.63) is 89.1 Å². The first-order valence-electron chi connectivity index (χ1n) is 10.8. The lowest BCUT2D eigenvalue weighted by Gasteiger charge is -2.23. The molecule has 1 unspecified atom stereocenters. The maximum Gasteiger partial charge on any atom is 0.296 e. The maximum absolute atomic E-state index is 13.1. The number of benzene rings is 1. The molecule has 1 fully saturated rings. The van der Waals surface area contributed by atoms with Crippen LogP contribution in [0.15, 0.2) is 70.8 Å². The second-order valence-corrected chi connectivity index (χ2v) is 8.43. The second kappa shape index (κ2) is 9.32. The fraction of sp³-hybridized carbons (Fsp3) is 0.269. The first-order valence-corrected chi connectivity index (χ1v) is 10.8. The summed E-state index contributed by atoms with van der Waals surface area (Å²) in [5, 5.41) is 11.2. The van der Waals surface area contributed by atoms with Gasteiger partial charge in [0.15, 0.2) is 0 Å². The summed E-state index contributed by atoms with van der Waals surface area (Å²) in [4.78, 5) is 31.8. The number of aromatic nitrogens is 1. The highest BCUT2D eigenvalue weighted by atomic mass is 16.5. The number of aryl methyl sites for hydroxylation is 1. The molecular formula is C26H26N2O5. The van der Waals surface area contributed by atoms with Crippen LogP contribution in [0.5, 0.6) is 5.75 Å². The predicted octanol–water partition coefficient (Wildman–Crippen LogP) is 4.64. The summed E-state index contributed by atoms with van der Waals surface area (Å²) < 4.78 is 11.6. The molecule has 0 bridgehead atoms. The van der Waals surface area contributed by atoms with Crippen molar-refractivity contribution in [1.82, 2.24) is 9.88 Å². The molecular weight excluding hydrogens is 420 g/mol. The number of hydrogen-bond acceptors (Lipinski definition) is 6. The molecule has 7 nitrogen and oxygen atoms in total. The first kappa shape index (κ1) is 22.3. The number of aliphatic hydroxyl groups is 1. The van der Waals surface area contributed by atoms with Gasteiger partial charge in [0.05, 0.1) is 24.4 Å². The Morgan fingerprint density at radius 1 is 1.15 bits per heavy atom. The summed E-state index contributed by atoms with van der Waals surface area (Å²) in [5.74, 6) is 0.187. The average molecular weight is 447 g/mol. The van der Waals surface area contributed by atoms with Gasteiger partial charge >= 0.3 is 0 Å². The zero-order chi connectivity index (χ0) is 23.5. The summed E-state index contributed by atoms with van der Waals surface area (Å²) >= 11 is 0. The van der Waals surface area contributed by atoms with Crippen LogP contribution in [0.25, 0.3) is 5.76 Å². The molecule has 1 N–H and O–H groups in total. The van der Waals surface area contributed by atoms with Gasteiger partial charge in [0.25, 0.3) is 11.7 Å². The monoisotopic (exact) mass is 446 g/mol. The number of pyridine rings is 1. The Bertz CT molecular complexity index is 1200. The van der Waals surface area contributed by atoms with E-state index in [1.54, 1.807) is 61.7 Å². The number of aliphatic hydroxyl groups excluding tert-OH is 1. The largest absolute Gasteiger partial charge is 0.507 e. The van der Waals surface area contributed by atoms with Crippen LogP contribution in [0.2, 0.25) is 0 Å². The molecule has 4 rings (SSSR count). The Kier molecular flexibility index (Phi) is 6.31. The van der Waals surface area contributed by atoms with Gasteiger partial charge in [-0.15, -0.1) is 0 Å². The minimum absolute atomic E-state index is 0.0220. The van der Waals surface area contributed by atoms with E-state index < -0.39 is 17.7 Å². The summed E-state index contributed by atoms with van der Waals surface area (Å²) in [6.45, 7) is 6.48. The Morgan fingerprint density at radius 2 is 1.97 bits per heavy atom. The Labute approximate surface area is 192 Å². The molecule has 3 heterocycles. The summed E-state index contributed by atoms with van der Waals surface area (Å²) in [6.07, 6.45) is 1.63. The van der Waals surface area contributed by atoms with E-state index in [0.29, 0.717) is 41.1 Å². The molecule has 1 amide bonds. The van der Waals surface area contributed by atoms with Gasteiger partial charge in [0.1, 0.15) is 29.1 Å². The number of ether oxygens (including phenoxy) is 1. The van der Waals surface area contributed by atoms with Crippen molar-refractivity contribution in [1.29, 1.82) is 0 Å². The van der Waals surface area contributed by atoms with E-state index >= 15 is 0 Å². The van der Waals surface area contributed by atoms with Crippen LogP contribution in [-0.4, -0.2) is 33.3 Å². The van der Waals surface area contributed by atoms with Gasteiger partial charge in [-0.25, -0.2) is 0 Å². The molecule has 1 saturated heterocycles. The molecule has 7 heteroatoms. The number of ketones is 1. The fourth-order valence-corrected chi connectivity index (χ4v) is 3.76. The topological polar surface area (TPSA) is 92.9 Å². The zero-order valence-corrected chi connectivity index (χ0v) is 18.8. The minimum Gasteiger partial charge on any atom is -0.507 e. The van der Waals surface area contributed by atoms with Gasteiger partial charge < -0.3 is 19.2 Å². The van der Waals surface area contributed by atoms with Gasteiger partial charge in [0.2, 0.25) is 0 Å². The molecule has 33 heavy (non-hydrogen) atoms. The number of likely N-dealkylation sites (tertiary alicyclic amines) is 1. The molecule has 1 atom stereocenters. The normalized spacial score (nSPS) is 17.7. The quantitative estimate of drug-likeness (QED) is 0.323. The van der Waals surface area contributed by atoms with Crippen LogP contribution in [0.1, 0.15) is 42.7 Å². The van der Waals surface area contributed by atoms with E-state index in [4.69, 9.17) is 9.15 Å². The highest BCUT2D eigenvalue weighted by Crippen LogP contribution is 2.41. The summed E-state index contributed by atoms with van der Waals surface area (Å²) in [5.41, 5.74) is 0.989. The number of carbonyl (C=O) groups is 2. The summed E-state index contributed by atoms with van der Waals surface area (Å²) in [6, 6.07) is 14.8.